The summed E-state index contributed by atoms with van der Waals surface area (Å²) in [7, 11) is 1.54. The number of carbonyl (C=O) groups excluding carboxylic acids is 1. The molecule has 3 rings (SSSR count). The number of rotatable bonds is 7. The summed E-state index contributed by atoms with van der Waals surface area (Å²) in [5, 5.41) is 2.81. The molecular formula is C19H23N3O4. The molecule has 0 bridgehead atoms. The van der Waals surface area contributed by atoms with Gasteiger partial charge in [0, 0.05) is 25.7 Å². The van der Waals surface area contributed by atoms with Crippen LogP contribution in [0.25, 0.3) is 0 Å². The summed E-state index contributed by atoms with van der Waals surface area (Å²) >= 11 is 0. The maximum absolute atomic E-state index is 12.4. The first-order valence-electron chi connectivity index (χ1n) is 8.59. The lowest BCUT2D eigenvalue weighted by molar-refractivity contribution is 0.0320. The van der Waals surface area contributed by atoms with Gasteiger partial charge in [-0.05, 0) is 18.2 Å². The highest BCUT2D eigenvalue weighted by atomic mass is 16.5. The Morgan fingerprint density at radius 2 is 2.04 bits per heavy atom. The number of methoxy groups -OCH3 is 1. The zero-order chi connectivity index (χ0) is 18.2. The van der Waals surface area contributed by atoms with E-state index in [9.17, 15) is 4.79 Å². The highest BCUT2D eigenvalue weighted by molar-refractivity contribution is 6.06. The third-order valence-electron chi connectivity index (χ3n) is 4.11. The van der Waals surface area contributed by atoms with Crippen LogP contribution in [0.3, 0.4) is 0 Å². The Bertz CT molecular complexity index is 715. The van der Waals surface area contributed by atoms with Crippen molar-refractivity contribution in [3.8, 4) is 11.6 Å². The highest BCUT2D eigenvalue weighted by Gasteiger charge is 2.12. The minimum atomic E-state index is -0.245. The van der Waals surface area contributed by atoms with Crippen molar-refractivity contribution in [2.45, 2.75) is 0 Å². The molecule has 1 aromatic carbocycles. The Morgan fingerprint density at radius 1 is 1.23 bits per heavy atom. The quantitative estimate of drug-likeness (QED) is 0.818. The maximum Gasteiger partial charge on any atom is 0.259 e. The van der Waals surface area contributed by atoms with E-state index in [1.54, 1.807) is 36.5 Å². The number of carbonyl (C=O) groups is 1. The number of pyridine rings is 1. The topological polar surface area (TPSA) is 72.9 Å². The summed E-state index contributed by atoms with van der Waals surface area (Å²) in [5.41, 5.74) is 1.07. The molecule has 1 aliphatic rings. The fourth-order valence-electron chi connectivity index (χ4n) is 2.67. The molecule has 0 saturated carbocycles. The monoisotopic (exact) mass is 357 g/mol. The van der Waals surface area contributed by atoms with Crippen molar-refractivity contribution in [2.24, 2.45) is 0 Å². The number of nitrogens with one attached hydrogen (secondary N) is 1. The predicted octanol–water partition coefficient (Wildman–Crippen LogP) is 2.05. The van der Waals surface area contributed by atoms with Crippen molar-refractivity contribution in [2.75, 3.05) is 51.9 Å². The minimum Gasteiger partial charge on any atom is -0.496 e. The fourth-order valence-corrected chi connectivity index (χ4v) is 2.67. The first kappa shape index (κ1) is 18.2. The molecule has 1 aliphatic heterocycles. The summed E-state index contributed by atoms with van der Waals surface area (Å²) in [6.45, 7) is 4.84. The molecule has 1 amide bonds. The van der Waals surface area contributed by atoms with Crippen molar-refractivity contribution >= 4 is 11.6 Å². The lowest BCUT2D eigenvalue weighted by Crippen LogP contribution is -2.38. The SMILES string of the molecule is COc1ccccc1C(=O)Nc1ccc(OCCN2CCOCC2)nc1. The maximum atomic E-state index is 12.4. The smallest absolute Gasteiger partial charge is 0.259 e. The number of para-hydroxylation sites is 1. The van der Waals surface area contributed by atoms with Crippen molar-refractivity contribution in [3.05, 3.63) is 48.2 Å². The van der Waals surface area contributed by atoms with Gasteiger partial charge in [0.05, 0.1) is 37.8 Å². The number of morpholine rings is 1. The van der Waals surface area contributed by atoms with E-state index in [0.717, 1.165) is 32.8 Å². The van der Waals surface area contributed by atoms with Crippen LogP contribution in [-0.4, -0.2) is 62.4 Å². The van der Waals surface area contributed by atoms with E-state index < -0.39 is 0 Å². The number of hydrogen-bond donors (Lipinski definition) is 1. The second-order valence-electron chi connectivity index (χ2n) is 5.84. The van der Waals surface area contributed by atoms with E-state index in [2.05, 4.69) is 15.2 Å². The zero-order valence-corrected chi connectivity index (χ0v) is 14.8. The van der Waals surface area contributed by atoms with E-state index in [0.29, 0.717) is 29.5 Å². The average Bonchev–Trinajstić information content (AvgIpc) is 2.70. The van der Waals surface area contributed by atoms with Crippen LogP contribution < -0.4 is 14.8 Å². The molecule has 26 heavy (non-hydrogen) atoms. The first-order valence-corrected chi connectivity index (χ1v) is 8.59. The molecule has 0 aliphatic carbocycles. The fraction of sp³-hybridized carbons (Fsp3) is 0.368. The van der Waals surface area contributed by atoms with E-state index in [4.69, 9.17) is 14.2 Å². The second-order valence-corrected chi connectivity index (χ2v) is 5.84. The van der Waals surface area contributed by atoms with Crippen molar-refractivity contribution in [3.63, 3.8) is 0 Å². The molecule has 7 heteroatoms. The normalized spacial score (nSPS) is 14.7. The van der Waals surface area contributed by atoms with Gasteiger partial charge in [-0.2, -0.15) is 0 Å². The third-order valence-corrected chi connectivity index (χ3v) is 4.11. The second kappa shape index (κ2) is 9.17. The van der Waals surface area contributed by atoms with E-state index in [1.165, 1.54) is 7.11 Å². The van der Waals surface area contributed by atoms with E-state index in [1.807, 2.05) is 6.07 Å². The molecule has 138 valence electrons. The number of amides is 1. The number of benzene rings is 1. The molecule has 1 saturated heterocycles. The molecule has 1 fully saturated rings. The lowest BCUT2D eigenvalue weighted by Gasteiger charge is -2.26. The van der Waals surface area contributed by atoms with Gasteiger partial charge in [0.2, 0.25) is 5.88 Å². The van der Waals surface area contributed by atoms with Crippen LogP contribution in [0, 0.1) is 0 Å². The van der Waals surface area contributed by atoms with Crippen LogP contribution in [0.15, 0.2) is 42.6 Å². The highest BCUT2D eigenvalue weighted by Crippen LogP contribution is 2.19. The summed E-state index contributed by atoms with van der Waals surface area (Å²) < 4.78 is 16.2. The van der Waals surface area contributed by atoms with E-state index >= 15 is 0 Å². The van der Waals surface area contributed by atoms with Crippen LogP contribution in [0.5, 0.6) is 11.6 Å². The summed E-state index contributed by atoms with van der Waals surface area (Å²) in [4.78, 5) is 18.9. The third kappa shape index (κ3) is 4.93. The number of hydrogen-bond acceptors (Lipinski definition) is 6. The van der Waals surface area contributed by atoms with Crippen molar-refractivity contribution in [1.82, 2.24) is 9.88 Å². The Balaban J connectivity index is 1.50. The van der Waals surface area contributed by atoms with E-state index in [-0.39, 0.29) is 5.91 Å². The standard InChI is InChI=1S/C19H23N3O4/c1-24-17-5-3-2-4-16(17)19(23)21-15-6-7-18(20-14-15)26-13-10-22-8-11-25-12-9-22/h2-7,14H,8-13H2,1H3,(H,21,23). The first-order chi connectivity index (χ1) is 12.8. The van der Waals surface area contributed by atoms with Gasteiger partial charge in [-0.15, -0.1) is 0 Å². The number of ether oxygens (including phenoxy) is 3. The summed E-state index contributed by atoms with van der Waals surface area (Å²) in [5.74, 6) is 0.819. The van der Waals surface area contributed by atoms with Crippen LogP contribution in [0.4, 0.5) is 5.69 Å². The predicted molar refractivity (Wildman–Crippen MR) is 97.9 cm³/mol. The lowest BCUT2D eigenvalue weighted by atomic mass is 10.2. The Kier molecular flexibility index (Phi) is 6.40. The Hall–Kier alpha value is -2.64. The largest absolute Gasteiger partial charge is 0.496 e. The average molecular weight is 357 g/mol. The zero-order valence-electron chi connectivity index (χ0n) is 14.8. The van der Waals surface area contributed by atoms with Gasteiger partial charge in [0.1, 0.15) is 12.4 Å². The van der Waals surface area contributed by atoms with Gasteiger partial charge in [0.25, 0.3) is 5.91 Å². The number of anilines is 1. The van der Waals surface area contributed by atoms with Gasteiger partial charge >= 0.3 is 0 Å². The number of nitrogens with zero attached hydrogens (tertiary/aromatic N) is 2. The van der Waals surface area contributed by atoms with Crippen LogP contribution in [0.1, 0.15) is 10.4 Å². The van der Waals surface area contributed by atoms with Gasteiger partial charge in [-0.3, -0.25) is 9.69 Å². The molecule has 7 nitrogen and oxygen atoms in total. The molecule has 1 aromatic heterocycles. The molecule has 0 atom stereocenters. The van der Waals surface area contributed by atoms with Gasteiger partial charge in [-0.25, -0.2) is 4.98 Å². The molecule has 0 radical (unpaired) electrons. The molecule has 2 heterocycles. The summed E-state index contributed by atoms with van der Waals surface area (Å²) in [6.07, 6.45) is 1.58. The van der Waals surface area contributed by atoms with Gasteiger partial charge in [-0.1, -0.05) is 12.1 Å². The molecule has 2 aromatic rings. The van der Waals surface area contributed by atoms with Crippen molar-refractivity contribution < 1.29 is 19.0 Å². The Labute approximate surface area is 152 Å². The minimum absolute atomic E-state index is 0.245. The number of aromatic nitrogens is 1. The van der Waals surface area contributed by atoms with Gasteiger partial charge in [0.15, 0.2) is 0 Å². The Morgan fingerprint density at radius 3 is 2.77 bits per heavy atom. The molecular weight excluding hydrogens is 334 g/mol. The summed E-state index contributed by atoms with van der Waals surface area (Å²) in [6, 6.07) is 10.6. The van der Waals surface area contributed by atoms with Crippen molar-refractivity contribution in [1.29, 1.82) is 0 Å². The molecule has 1 N–H and O–H groups in total. The molecule has 0 unspecified atom stereocenters. The van der Waals surface area contributed by atoms with Crippen LogP contribution in [-0.2, 0) is 4.74 Å². The van der Waals surface area contributed by atoms with Crippen LogP contribution >= 0.6 is 0 Å². The van der Waals surface area contributed by atoms with Gasteiger partial charge < -0.3 is 19.5 Å². The molecule has 0 spiro atoms. The van der Waals surface area contributed by atoms with Crippen LogP contribution in [0.2, 0.25) is 0 Å².